The predicted molar refractivity (Wildman–Crippen MR) is 168 cm³/mol. The number of amides is 2. The van der Waals surface area contributed by atoms with Crippen LogP contribution in [0.15, 0.2) is 88.1 Å². The van der Waals surface area contributed by atoms with Crippen LogP contribution in [0.25, 0.3) is 27.0 Å². The fraction of sp³-hybridized carbons (Fsp3) is 0.188. The number of aryl methyl sites for hydroxylation is 3. The van der Waals surface area contributed by atoms with E-state index in [-0.39, 0.29) is 23.9 Å². The maximum Gasteiger partial charge on any atom is 0.268 e. The van der Waals surface area contributed by atoms with Crippen molar-refractivity contribution in [2.24, 2.45) is 0 Å². The lowest BCUT2D eigenvalue weighted by Crippen LogP contribution is -2.37. The molecule has 0 bridgehead atoms. The molecule has 2 amide bonds. The smallest absolute Gasteiger partial charge is 0.268 e. The molecule has 0 fully saturated rings. The van der Waals surface area contributed by atoms with Crippen molar-refractivity contribution >= 4 is 50.8 Å². The van der Waals surface area contributed by atoms with Gasteiger partial charge in [-0.15, -0.1) is 11.3 Å². The van der Waals surface area contributed by atoms with E-state index < -0.39 is 5.25 Å². The Morgan fingerprint density at radius 2 is 1.59 bits per heavy atom. The van der Waals surface area contributed by atoms with Gasteiger partial charge in [-0.3, -0.25) is 19.0 Å². The number of carbonyl (C=O) groups is 2. The summed E-state index contributed by atoms with van der Waals surface area (Å²) in [6.07, 6.45) is 0. The normalized spacial score (nSPS) is 11.8. The highest BCUT2D eigenvalue weighted by molar-refractivity contribution is 8.00. The number of benzene rings is 3. The number of rotatable bonds is 8. The molecule has 9 heteroatoms. The molecule has 2 heterocycles. The van der Waals surface area contributed by atoms with Crippen LogP contribution in [0.5, 0.6) is 0 Å². The van der Waals surface area contributed by atoms with Crippen LogP contribution in [0.2, 0.25) is 0 Å². The molecule has 0 aliphatic rings. The van der Waals surface area contributed by atoms with E-state index in [9.17, 15) is 14.4 Å². The molecule has 0 aliphatic heterocycles. The van der Waals surface area contributed by atoms with Crippen molar-refractivity contribution in [3.8, 4) is 16.8 Å². The van der Waals surface area contributed by atoms with Gasteiger partial charge >= 0.3 is 0 Å². The number of nitrogens with zero attached hydrogens (tertiary/aromatic N) is 2. The molecule has 2 N–H and O–H groups in total. The first-order chi connectivity index (χ1) is 19.7. The first kappa shape index (κ1) is 28.3. The van der Waals surface area contributed by atoms with E-state index in [0.717, 1.165) is 33.5 Å². The van der Waals surface area contributed by atoms with Crippen LogP contribution >= 0.6 is 23.1 Å². The standard InChI is InChI=1S/C32H30N4O3S2/c1-19-11-8-9-16-25(19)36-31(39)27-24(23-14-6-5-7-15-23)18-40-30(27)35-32(36)41-22(4)29(38)33-17-26(37)34-28-20(2)12-10-13-21(28)3/h5-16,18,22H,17H2,1-4H3,(H,33,38)(H,34,37). The maximum absolute atomic E-state index is 14.1. The summed E-state index contributed by atoms with van der Waals surface area (Å²) in [6.45, 7) is 7.37. The lowest BCUT2D eigenvalue weighted by atomic mass is 10.1. The van der Waals surface area contributed by atoms with E-state index in [1.807, 2.05) is 98.9 Å². The predicted octanol–water partition coefficient (Wildman–Crippen LogP) is 6.27. The first-order valence-electron chi connectivity index (χ1n) is 13.2. The minimum atomic E-state index is -0.615. The number of hydrogen-bond donors (Lipinski definition) is 2. The van der Waals surface area contributed by atoms with Gasteiger partial charge in [0.05, 0.1) is 22.9 Å². The third-order valence-electron chi connectivity index (χ3n) is 6.84. The summed E-state index contributed by atoms with van der Waals surface area (Å²) in [4.78, 5) is 45.3. The van der Waals surface area contributed by atoms with Crippen molar-refractivity contribution in [2.45, 2.75) is 38.1 Å². The van der Waals surface area contributed by atoms with E-state index in [0.29, 0.717) is 21.1 Å². The van der Waals surface area contributed by atoms with Crippen LogP contribution in [0.3, 0.4) is 0 Å². The number of nitrogens with one attached hydrogen (secondary N) is 2. The molecule has 3 aromatic carbocycles. The number of anilines is 1. The zero-order valence-corrected chi connectivity index (χ0v) is 24.9. The molecule has 1 atom stereocenters. The molecule has 41 heavy (non-hydrogen) atoms. The highest BCUT2D eigenvalue weighted by Gasteiger charge is 2.23. The summed E-state index contributed by atoms with van der Waals surface area (Å²) < 4.78 is 1.60. The van der Waals surface area contributed by atoms with E-state index in [2.05, 4.69) is 10.6 Å². The van der Waals surface area contributed by atoms with Gasteiger partial charge in [-0.2, -0.15) is 0 Å². The summed E-state index contributed by atoms with van der Waals surface area (Å²) in [5.41, 5.74) is 5.87. The third kappa shape index (κ3) is 5.96. The van der Waals surface area contributed by atoms with E-state index in [1.165, 1.54) is 23.1 Å². The van der Waals surface area contributed by atoms with Crippen molar-refractivity contribution in [1.82, 2.24) is 14.9 Å². The van der Waals surface area contributed by atoms with E-state index in [1.54, 1.807) is 11.5 Å². The van der Waals surface area contributed by atoms with Gasteiger partial charge in [0.15, 0.2) is 5.16 Å². The van der Waals surface area contributed by atoms with Crippen molar-refractivity contribution in [2.75, 3.05) is 11.9 Å². The summed E-state index contributed by atoms with van der Waals surface area (Å²) >= 11 is 2.60. The molecule has 5 aromatic rings. The van der Waals surface area contributed by atoms with Crippen LogP contribution in [0.4, 0.5) is 5.69 Å². The van der Waals surface area contributed by atoms with Gasteiger partial charge in [0, 0.05) is 16.6 Å². The number of hydrogen-bond acceptors (Lipinski definition) is 6. The molecule has 208 valence electrons. The topological polar surface area (TPSA) is 93.1 Å². The zero-order valence-electron chi connectivity index (χ0n) is 23.2. The second kappa shape index (κ2) is 12.1. The Kier molecular flexibility index (Phi) is 8.37. The second-order valence-electron chi connectivity index (χ2n) is 9.81. The van der Waals surface area contributed by atoms with Gasteiger partial charge in [0.2, 0.25) is 11.8 Å². The largest absolute Gasteiger partial charge is 0.346 e. The summed E-state index contributed by atoms with van der Waals surface area (Å²) in [5, 5.41) is 7.92. The molecular formula is C32H30N4O3S2. The van der Waals surface area contributed by atoms with Crippen LogP contribution < -0.4 is 16.2 Å². The van der Waals surface area contributed by atoms with Crippen LogP contribution in [-0.2, 0) is 9.59 Å². The minimum absolute atomic E-state index is 0.167. The number of aromatic nitrogens is 2. The average molecular weight is 583 g/mol. The number of thiophene rings is 1. The Hall–Kier alpha value is -4.21. The van der Waals surface area contributed by atoms with Crippen molar-refractivity contribution < 1.29 is 9.59 Å². The third-order valence-corrected chi connectivity index (χ3v) is 8.76. The number of carbonyl (C=O) groups excluding carboxylic acids is 2. The van der Waals surface area contributed by atoms with E-state index in [4.69, 9.17) is 4.98 Å². The molecular weight excluding hydrogens is 553 g/mol. The zero-order chi connectivity index (χ0) is 29.1. The first-order valence-corrected chi connectivity index (χ1v) is 15.0. The monoisotopic (exact) mass is 582 g/mol. The lowest BCUT2D eigenvalue weighted by molar-refractivity contribution is -0.123. The number of fused-ring (bicyclic) bond motifs is 1. The van der Waals surface area contributed by atoms with Crippen molar-refractivity contribution in [3.63, 3.8) is 0 Å². The van der Waals surface area contributed by atoms with Crippen LogP contribution in [0, 0.1) is 20.8 Å². The quantitative estimate of drug-likeness (QED) is 0.166. The molecule has 0 spiro atoms. The van der Waals surface area contributed by atoms with Crippen LogP contribution in [0.1, 0.15) is 23.6 Å². The molecule has 7 nitrogen and oxygen atoms in total. The highest BCUT2D eigenvalue weighted by Crippen LogP contribution is 2.34. The molecule has 1 unspecified atom stereocenters. The molecule has 0 radical (unpaired) electrons. The lowest BCUT2D eigenvalue weighted by Gasteiger charge is -2.17. The second-order valence-corrected chi connectivity index (χ2v) is 12.0. The van der Waals surface area contributed by atoms with Crippen molar-refractivity contribution in [3.05, 3.63) is 105 Å². The average Bonchev–Trinajstić information content (AvgIpc) is 3.39. The Morgan fingerprint density at radius 3 is 2.29 bits per heavy atom. The Balaban J connectivity index is 1.42. The molecule has 0 saturated heterocycles. The molecule has 0 saturated carbocycles. The van der Waals surface area contributed by atoms with Gasteiger partial charge in [0.1, 0.15) is 4.83 Å². The van der Waals surface area contributed by atoms with Gasteiger partial charge in [-0.25, -0.2) is 4.98 Å². The van der Waals surface area contributed by atoms with Gasteiger partial charge in [-0.1, -0.05) is 78.5 Å². The Labute approximate surface area is 246 Å². The Bertz CT molecular complexity index is 1790. The summed E-state index contributed by atoms with van der Waals surface area (Å²) in [6, 6.07) is 23.2. The fourth-order valence-corrected chi connectivity index (χ4v) is 6.56. The number of para-hydroxylation sites is 2. The molecule has 0 aliphatic carbocycles. The molecule has 5 rings (SSSR count). The van der Waals surface area contributed by atoms with Gasteiger partial charge in [0.25, 0.3) is 5.56 Å². The van der Waals surface area contributed by atoms with E-state index >= 15 is 0 Å². The van der Waals surface area contributed by atoms with Gasteiger partial charge in [-0.05, 0) is 56.0 Å². The van der Waals surface area contributed by atoms with Crippen molar-refractivity contribution in [1.29, 1.82) is 0 Å². The summed E-state index contributed by atoms with van der Waals surface area (Å²) in [5.74, 6) is -0.634. The maximum atomic E-state index is 14.1. The number of thioether (sulfide) groups is 1. The SMILES string of the molecule is Cc1ccccc1-n1c(SC(C)C(=O)NCC(=O)Nc2c(C)cccc2C)nc2scc(-c3ccccc3)c2c1=O. The Morgan fingerprint density at radius 1 is 0.927 bits per heavy atom. The fourth-order valence-electron chi connectivity index (χ4n) is 4.63. The van der Waals surface area contributed by atoms with Gasteiger partial charge < -0.3 is 10.6 Å². The highest BCUT2D eigenvalue weighted by atomic mass is 32.2. The minimum Gasteiger partial charge on any atom is -0.346 e. The summed E-state index contributed by atoms with van der Waals surface area (Å²) in [7, 11) is 0. The molecule has 2 aromatic heterocycles. The van der Waals surface area contributed by atoms with Crippen LogP contribution in [-0.4, -0.2) is 33.2 Å².